The summed E-state index contributed by atoms with van der Waals surface area (Å²) in [5.74, 6) is 0.683. The first-order chi connectivity index (χ1) is 7.04. The summed E-state index contributed by atoms with van der Waals surface area (Å²) < 4.78 is 5.07. The Kier molecular flexibility index (Phi) is 3.94. The lowest BCUT2D eigenvalue weighted by Gasteiger charge is -2.16. The van der Waals surface area contributed by atoms with Gasteiger partial charge < -0.3 is 21.3 Å². The van der Waals surface area contributed by atoms with Crippen LogP contribution in [-0.4, -0.2) is 18.3 Å². The molecule has 0 spiro atoms. The Labute approximate surface area is 89.8 Å². The normalized spacial score (nSPS) is 14.7. The van der Waals surface area contributed by atoms with Gasteiger partial charge >= 0.3 is 0 Å². The highest BCUT2D eigenvalue weighted by Gasteiger charge is 2.13. The SMILES string of the molecule is COc1ccc(N)c(C(O)CC(C)N)c1. The minimum absolute atomic E-state index is 0.0643. The second-order valence-electron chi connectivity index (χ2n) is 3.72. The zero-order valence-electron chi connectivity index (χ0n) is 9.10. The Balaban J connectivity index is 2.91. The van der Waals surface area contributed by atoms with Gasteiger partial charge in [-0.05, 0) is 31.5 Å². The van der Waals surface area contributed by atoms with Gasteiger partial charge in [-0.2, -0.15) is 0 Å². The van der Waals surface area contributed by atoms with Gasteiger partial charge in [-0.3, -0.25) is 0 Å². The van der Waals surface area contributed by atoms with Crippen LogP contribution >= 0.6 is 0 Å². The summed E-state index contributed by atoms with van der Waals surface area (Å²) in [6.07, 6.45) is -0.155. The minimum Gasteiger partial charge on any atom is -0.497 e. The van der Waals surface area contributed by atoms with Gasteiger partial charge in [0.2, 0.25) is 0 Å². The third kappa shape index (κ3) is 3.11. The number of hydrogen-bond acceptors (Lipinski definition) is 4. The van der Waals surface area contributed by atoms with E-state index in [4.69, 9.17) is 16.2 Å². The Morgan fingerprint density at radius 3 is 2.67 bits per heavy atom. The molecular formula is C11H18N2O2. The maximum Gasteiger partial charge on any atom is 0.119 e. The van der Waals surface area contributed by atoms with Gasteiger partial charge in [0.15, 0.2) is 0 Å². The van der Waals surface area contributed by atoms with Crippen LogP contribution in [0.4, 0.5) is 5.69 Å². The third-order valence-corrected chi connectivity index (χ3v) is 2.25. The molecule has 0 aliphatic rings. The van der Waals surface area contributed by atoms with Crippen LogP contribution in [0.2, 0.25) is 0 Å². The first kappa shape index (κ1) is 11.8. The first-order valence-electron chi connectivity index (χ1n) is 4.91. The fraction of sp³-hybridized carbons (Fsp3) is 0.455. The van der Waals surface area contributed by atoms with Gasteiger partial charge in [0.25, 0.3) is 0 Å². The van der Waals surface area contributed by atoms with Crippen LogP contribution in [0.25, 0.3) is 0 Å². The molecule has 0 aliphatic carbocycles. The average molecular weight is 210 g/mol. The van der Waals surface area contributed by atoms with Crippen molar-refractivity contribution in [3.8, 4) is 5.75 Å². The molecule has 0 radical (unpaired) electrons. The van der Waals surface area contributed by atoms with E-state index in [1.807, 2.05) is 6.92 Å². The van der Waals surface area contributed by atoms with Crippen molar-refractivity contribution in [1.82, 2.24) is 0 Å². The molecule has 4 heteroatoms. The molecule has 1 aromatic carbocycles. The van der Waals surface area contributed by atoms with E-state index in [0.717, 1.165) is 0 Å². The van der Waals surface area contributed by atoms with Crippen LogP contribution < -0.4 is 16.2 Å². The number of aliphatic hydroxyl groups excluding tert-OH is 1. The number of ether oxygens (including phenoxy) is 1. The molecule has 4 nitrogen and oxygen atoms in total. The van der Waals surface area contributed by atoms with E-state index in [1.165, 1.54) is 0 Å². The summed E-state index contributed by atoms with van der Waals surface area (Å²) in [6, 6.07) is 5.16. The lowest BCUT2D eigenvalue weighted by atomic mass is 10.0. The Morgan fingerprint density at radius 2 is 2.13 bits per heavy atom. The molecule has 2 unspecified atom stereocenters. The molecule has 1 rings (SSSR count). The zero-order chi connectivity index (χ0) is 11.4. The summed E-state index contributed by atoms with van der Waals surface area (Å²) in [6.45, 7) is 1.85. The predicted octanol–water partition coefficient (Wildman–Crippen LogP) is 1.05. The molecule has 1 aromatic rings. The number of anilines is 1. The lowest BCUT2D eigenvalue weighted by Crippen LogP contribution is -2.19. The van der Waals surface area contributed by atoms with Crippen LogP contribution in [0.5, 0.6) is 5.75 Å². The van der Waals surface area contributed by atoms with Gasteiger partial charge in [0.05, 0.1) is 13.2 Å². The molecule has 0 fully saturated rings. The fourth-order valence-electron chi connectivity index (χ4n) is 1.45. The molecular weight excluding hydrogens is 192 g/mol. The van der Waals surface area contributed by atoms with Crippen LogP contribution in [0.3, 0.4) is 0 Å². The Hall–Kier alpha value is -1.26. The quantitative estimate of drug-likeness (QED) is 0.649. The van der Waals surface area contributed by atoms with E-state index >= 15 is 0 Å². The number of aliphatic hydroxyl groups is 1. The molecule has 0 saturated heterocycles. The van der Waals surface area contributed by atoms with E-state index < -0.39 is 6.10 Å². The Morgan fingerprint density at radius 1 is 1.47 bits per heavy atom. The van der Waals surface area contributed by atoms with Crippen molar-refractivity contribution < 1.29 is 9.84 Å². The van der Waals surface area contributed by atoms with Crippen LogP contribution in [0.15, 0.2) is 18.2 Å². The number of methoxy groups -OCH3 is 1. The predicted molar refractivity (Wildman–Crippen MR) is 60.6 cm³/mol. The number of benzene rings is 1. The second kappa shape index (κ2) is 5.00. The number of hydrogen-bond donors (Lipinski definition) is 3. The largest absolute Gasteiger partial charge is 0.497 e. The van der Waals surface area contributed by atoms with Crippen molar-refractivity contribution in [2.75, 3.05) is 12.8 Å². The van der Waals surface area contributed by atoms with E-state index in [-0.39, 0.29) is 6.04 Å². The fourth-order valence-corrected chi connectivity index (χ4v) is 1.45. The van der Waals surface area contributed by atoms with Crippen molar-refractivity contribution in [2.45, 2.75) is 25.5 Å². The van der Waals surface area contributed by atoms with Crippen molar-refractivity contribution in [3.05, 3.63) is 23.8 Å². The van der Waals surface area contributed by atoms with Gasteiger partial charge in [-0.15, -0.1) is 0 Å². The summed E-state index contributed by atoms with van der Waals surface area (Å²) in [4.78, 5) is 0. The summed E-state index contributed by atoms with van der Waals surface area (Å²) in [5.41, 5.74) is 12.6. The molecule has 0 heterocycles. The van der Waals surface area contributed by atoms with E-state index in [0.29, 0.717) is 23.4 Å². The molecule has 84 valence electrons. The van der Waals surface area contributed by atoms with Gasteiger partial charge in [0.1, 0.15) is 5.75 Å². The van der Waals surface area contributed by atoms with Gasteiger partial charge in [-0.1, -0.05) is 0 Å². The smallest absolute Gasteiger partial charge is 0.119 e. The highest BCUT2D eigenvalue weighted by Crippen LogP contribution is 2.27. The second-order valence-corrected chi connectivity index (χ2v) is 3.72. The van der Waals surface area contributed by atoms with Crippen molar-refractivity contribution >= 4 is 5.69 Å². The highest BCUT2D eigenvalue weighted by atomic mass is 16.5. The van der Waals surface area contributed by atoms with Crippen molar-refractivity contribution in [2.24, 2.45) is 5.73 Å². The molecule has 0 saturated carbocycles. The topological polar surface area (TPSA) is 81.5 Å². The summed E-state index contributed by atoms with van der Waals surface area (Å²) >= 11 is 0. The highest BCUT2D eigenvalue weighted by molar-refractivity contribution is 5.51. The van der Waals surface area contributed by atoms with Gasteiger partial charge in [0, 0.05) is 17.3 Å². The van der Waals surface area contributed by atoms with Crippen molar-refractivity contribution in [1.29, 1.82) is 0 Å². The molecule has 0 bridgehead atoms. The van der Waals surface area contributed by atoms with E-state index in [1.54, 1.807) is 25.3 Å². The molecule has 0 amide bonds. The summed E-state index contributed by atoms with van der Waals surface area (Å²) in [7, 11) is 1.58. The van der Waals surface area contributed by atoms with Crippen LogP contribution in [-0.2, 0) is 0 Å². The molecule has 0 aliphatic heterocycles. The lowest BCUT2D eigenvalue weighted by molar-refractivity contribution is 0.160. The molecule has 5 N–H and O–H groups in total. The van der Waals surface area contributed by atoms with Crippen molar-refractivity contribution in [3.63, 3.8) is 0 Å². The Bertz CT molecular complexity index is 326. The molecule has 15 heavy (non-hydrogen) atoms. The third-order valence-electron chi connectivity index (χ3n) is 2.25. The zero-order valence-corrected chi connectivity index (χ0v) is 9.10. The monoisotopic (exact) mass is 210 g/mol. The maximum atomic E-state index is 9.88. The number of rotatable bonds is 4. The number of nitrogen functional groups attached to an aromatic ring is 1. The van der Waals surface area contributed by atoms with E-state index in [2.05, 4.69) is 0 Å². The molecule has 2 atom stereocenters. The van der Waals surface area contributed by atoms with Gasteiger partial charge in [-0.25, -0.2) is 0 Å². The number of nitrogens with two attached hydrogens (primary N) is 2. The summed E-state index contributed by atoms with van der Waals surface area (Å²) in [5, 5.41) is 9.88. The minimum atomic E-state index is -0.639. The van der Waals surface area contributed by atoms with E-state index in [9.17, 15) is 5.11 Å². The average Bonchev–Trinajstić information content (AvgIpc) is 2.17. The van der Waals surface area contributed by atoms with Crippen LogP contribution in [0.1, 0.15) is 25.0 Å². The maximum absolute atomic E-state index is 9.88. The molecule has 0 aromatic heterocycles. The standard InChI is InChI=1S/C11H18N2O2/c1-7(12)5-11(14)9-6-8(15-2)3-4-10(9)13/h3-4,6-7,11,14H,5,12-13H2,1-2H3. The first-order valence-corrected chi connectivity index (χ1v) is 4.91. The van der Waals surface area contributed by atoms with Crippen LogP contribution in [0, 0.1) is 0 Å².